The Labute approximate surface area is 233 Å². The Kier molecular flexibility index (Phi) is 11.5. The normalized spacial score (nSPS) is 12.6. The second-order valence-electron chi connectivity index (χ2n) is 10.2. The van der Waals surface area contributed by atoms with Crippen molar-refractivity contribution in [2.45, 2.75) is 56.4 Å². The third kappa shape index (κ3) is 7.75. The fourth-order valence-electron chi connectivity index (χ4n) is 4.68. The van der Waals surface area contributed by atoms with E-state index in [0.29, 0.717) is 13.0 Å². The molecule has 0 amide bonds. The molecule has 0 aliphatic rings. The molecule has 0 radical (unpaired) electrons. The van der Waals surface area contributed by atoms with E-state index >= 15 is 0 Å². The van der Waals surface area contributed by atoms with Crippen LogP contribution in [0.4, 0.5) is 0 Å². The number of hydrogen-bond acceptors (Lipinski definition) is 2. The summed E-state index contributed by atoms with van der Waals surface area (Å²) in [5.41, 5.74) is 3.37. The van der Waals surface area contributed by atoms with Gasteiger partial charge in [0, 0.05) is 11.5 Å². The first-order valence-electron chi connectivity index (χ1n) is 13.3. The molecule has 0 fully saturated rings. The van der Waals surface area contributed by atoms with Gasteiger partial charge in [0.2, 0.25) is 0 Å². The SMILES string of the molecule is C=C/C=C/CCC=C=C(CCCO[Si](c1ccccc1)(c1ccccc1)C(C)(C)C)S(=O)c1ccccc1. The average Bonchev–Trinajstić information content (AvgIpc) is 2.94. The van der Waals surface area contributed by atoms with Crippen molar-refractivity contribution in [3.63, 3.8) is 0 Å². The van der Waals surface area contributed by atoms with Crippen molar-refractivity contribution in [2.75, 3.05) is 6.61 Å². The minimum absolute atomic E-state index is 0.0694. The van der Waals surface area contributed by atoms with Crippen molar-refractivity contribution in [1.82, 2.24) is 0 Å². The first-order valence-corrected chi connectivity index (χ1v) is 16.4. The van der Waals surface area contributed by atoms with Gasteiger partial charge < -0.3 is 4.43 Å². The summed E-state index contributed by atoms with van der Waals surface area (Å²) in [6.45, 7) is 11.2. The Morgan fingerprint density at radius 3 is 1.97 bits per heavy atom. The van der Waals surface area contributed by atoms with E-state index in [1.165, 1.54) is 10.4 Å². The molecule has 0 N–H and O–H groups in total. The van der Waals surface area contributed by atoms with E-state index in [2.05, 4.69) is 99.8 Å². The van der Waals surface area contributed by atoms with E-state index in [9.17, 15) is 4.21 Å². The van der Waals surface area contributed by atoms with E-state index in [-0.39, 0.29) is 5.04 Å². The molecule has 1 atom stereocenters. The highest BCUT2D eigenvalue weighted by Crippen LogP contribution is 2.37. The van der Waals surface area contributed by atoms with Crippen LogP contribution in [0.25, 0.3) is 0 Å². The van der Waals surface area contributed by atoms with Crippen molar-refractivity contribution in [2.24, 2.45) is 0 Å². The molecule has 4 heteroatoms. The Morgan fingerprint density at radius 2 is 1.45 bits per heavy atom. The highest BCUT2D eigenvalue weighted by atomic mass is 32.2. The van der Waals surface area contributed by atoms with Crippen LogP contribution in [-0.4, -0.2) is 19.1 Å². The molecule has 0 aliphatic heterocycles. The van der Waals surface area contributed by atoms with Gasteiger partial charge >= 0.3 is 0 Å². The van der Waals surface area contributed by atoms with Crippen molar-refractivity contribution in [3.8, 4) is 0 Å². The maximum atomic E-state index is 13.4. The Hall–Kier alpha value is -3.01. The highest BCUT2D eigenvalue weighted by Gasteiger charge is 2.49. The predicted molar refractivity (Wildman–Crippen MR) is 166 cm³/mol. The molecular formula is C34H40O2SSi. The maximum Gasteiger partial charge on any atom is 0.261 e. The summed E-state index contributed by atoms with van der Waals surface area (Å²) in [6.07, 6.45) is 11.0. The highest BCUT2D eigenvalue weighted by molar-refractivity contribution is 7.89. The molecule has 0 saturated heterocycles. The number of allylic oxidation sites excluding steroid dienone is 4. The molecule has 1 unspecified atom stereocenters. The minimum atomic E-state index is -2.59. The zero-order valence-electron chi connectivity index (χ0n) is 22.9. The lowest BCUT2D eigenvalue weighted by Gasteiger charge is -2.43. The smallest absolute Gasteiger partial charge is 0.261 e. The van der Waals surface area contributed by atoms with Gasteiger partial charge in [-0.15, -0.1) is 5.73 Å². The summed E-state index contributed by atoms with van der Waals surface area (Å²) in [5.74, 6) is 0. The first-order chi connectivity index (χ1) is 18.4. The molecule has 3 aromatic rings. The molecule has 0 spiro atoms. The molecule has 0 aromatic heterocycles. The van der Waals surface area contributed by atoms with Crippen LogP contribution in [0.2, 0.25) is 5.04 Å². The maximum absolute atomic E-state index is 13.4. The monoisotopic (exact) mass is 540 g/mol. The topological polar surface area (TPSA) is 26.3 Å². The van der Waals surface area contributed by atoms with Crippen LogP contribution in [-0.2, 0) is 15.2 Å². The summed E-state index contributed by atoms with van der Waals surface area (Å²) < 4.78 is 20.5. The van der Waals surface area contributed by atoms with Crippen molar-refractivity contribution in [3.05, 3.63) is 133 Å². The predicted octanol–water partition coefficient (Wildman–Crippen LogP) is 7.71. The third-order valence-corrected chi connectivity index (χ3v) is 13.0. The van der Waals surface area contributed by atoms with Crippen LogP contribution in [0.3, 0.4) is 0 Å². The summed E-state index contributed by atoms with van der Waals surface area (Å²) >= 11 is 0. The summed E-state index contributed by atoms with van der Waals surface area (Å²) in [4.78, 5) is 1.62. The molecule has 0 bridgehead atoms. The summed E-state index contributed by atoms with van der Waals surface area (Å²) in [5, 5.41) is 2.48. The Morgan fingerprint density at radius 1 is 0.895 bits per heavy atom. The van der Waals surface area contributed by atoms with Crippen LogP contribution in [0.1, 0.15) is 46.5 Å². The summed E-state index contributed by atoms with van der Waals surface area (Å²) in [6, 6.07) is 31.0. The summed E-state index contributed by atoms with van der Waals surface area (Å²) in [7, 11) is -3.83. The van der Waals surface area contributed by atoms with Crippen molar-refractivity contribution < 1.29 is 8.63 Å². The van der Waals surface area contributed by atoms with E-state index in [4.69, 9.17) is 4.43 Å². The molecule has 0 saturated carbocycles. The lowest BCUT2D eigenvalue weighted by molar-refractivity contribution is 0.292. The van der Waals surface area contributed by atoms with Gasteiger partial charge in [-0.2, -0.15) is 0 Å². The van der Waals surface area contributed by atoms with Gasteiger partial charge in [-0.1, -0.05) is 124 Å². The standard InChI is InChI=1S/C34H40O2SSi/c1-5-6-7-8-9-13-21-31(37(35)30-22-14-10-15-23-30)24-20-29-36-38(34(2,3)4,32-25-16-11-17-26-32)33-27-18-12-19-28-33/h5-7,10-19,22-23,25-28H,1,8-9,20,24,29H2,2-4H3/b7-6+. The molecule has 3 rings (SSSR count). The van der Waals surface area contributed by atoms with E-state index in [1.807, 2.05) is 42.5 Å². The van der Waals surface area contributed by atoms with Gasteiger partial charge in [0.1, 0.15) is 0 Å². The van der Waals surface area contributed by atoms with E-state index in [1.54, 1.807) is 6.08 Å². The van der Waals surface area contributed by atoms with Crippen LogP contribution >= 0.6 is 0 Å². The zero-order valence-corrected chi connectivity index (χ0v) is 24.8. The molecular weight excluding hydrogens is 501 g/mol. The number of benzene rings is 3. The fourth-order valence-corrected chi connectivity index (χ4v) is 10.5. The average molecular weight is 541 g/mol. The van der Waals surface area contributed by atoms with E-state index in [0.717, 1.165) is 29.1 Å². The Balaban J connectivity index is 1.84. The second kappa shape index (κ2) is 14.8. The molecule has 0 heterocycles. The third-order valence-electron chi connectivity index (χ3n) is 6.48. The largest absolute Gasteiger partial charge is 0.407 e. The molecule has 0 aliphatic carbocycles. The molecule has 3 aromatic carbocycles. The quantitative estimate of drug-likeness (QED) is 0.0960. The molecule has 38 heavy (non-hydrogen) atoms. The molecule has 2 nitrogen and oxygen atoms in total. The van der Waals surface area contributed by atoms with Gasteiger partial charge in [0.25, 0.3) is 8.32 Å². The fraction of sp³-hybridized carbons (Fsp3) is 0.265. The lowest BCUT2D eigenvalue weighted by atomic mass is 10.2. The van der Waals surface area contributed by atoms with Gasteiger partial charge in [0.05, 0.1) is 15.7 Å². The van der Waals surface area contributed by atoms with Gasteiger partial charge in [-0.3, -0.25) is 0 Å². The first kappa shape index (κ1) is 29.5. The number of unbranched alkanes of at least 4 members (excludes halogenated alkanes) is 1. The number of rotatable bonds is 13. The van der Waals surface area contributed by atoms with Crippen LogP contribution in [0, 0.1) is 0 Å². The van der Waals surface area contributed by atoms with Gasteiger partial charge in [-0.25, -0.2) is 4.21 Å². The molecule has 198 valence electrons. The van der Waals surface area contributed by atoms with Gasteiger partial charge in [0.15, 0.2) is 0 Å². The second-order valence-corrected chi connectivity index (χ2v) is 16.0. The van der Waals surface area contributed by atoms with E-state index < -0.39 is 19.1 Å². The van der Waals surface area contributed by atoms with Crippen LogP contribution in [0.15, 0.2) is 137 Å². The Bertz CT molecular complexity index is 1210. The van der Waals surface area contributed by atoms with Crippen LogP contribution < -0.4 is 10.4 Å². The van der Waals surface area contributed by atoms with Crippen molar-refractivity contribution in [1.29, 1.82) is 0 Å². The lowest BCUT2D eigenvalue weighted by Crippen LogP contribution is -2.66. The zero-order chi connectivity index (χ0) is 27.3. The van der Waals surface area contributed by atoms with Crippen LogP contribution in [0.5, 0.6) is 0 Å². The van der Waals surface area contributed by atoms with Crippen molar-refractivity contribution >= 4 is 29.5 Å². The number of hydrogen-bond donors (Lipinski definition) is 0. The minimum Gasteiger partial charge on any atom is -0.407 e. The van der Waals surface area contributed by atoms with Gasteiger partial charge in [-0.05, 0) is 59.3 Å².